The van der Waals surface area contributed by atoms with Crippen LogP contribution < -0.4 is 9.62 Å². The number of sulfonamides is 1. The van der Waals surface area contributed by atoms with Crippen molar-refractivity contribution in [2.24, 2.45) is 0 Å². The van der Waals surface area contributed by atoms with Gasteiger partial charge in [0.05, 0.1) is 11.9 Å². The molecule has 224 valence electrons. The highest BCUT2D eigenvalue weighted by Gasteiger charge is 2.32. The average molecular weight is 675 g/mol. The SMILES string of the molecule is CS(=O)(=O)N(CCCC(=O)N(Cc1cccc(Br)c1)C(Cc1ccccc1)C(=O)NC1CCCC1)c1ccc(Cl)cc1. The number of hydrogen-bond acceptors (Lipinski definition) is 4. The van der Waals surface area contributed by atoms with Crippen molar-refractivity contribution >= 4 is 55.1 Å². The standard InChI is InChI=1S/C32H37BrClN3O4S/c1-42(40,41)37(29-18-16-27(34)17-19-29)20-8-15-31(38)36(23-25-11-7-12-26(33)21-25)30(22-24-9-3-2-4-10-24)32(39)35-28-13-5-6-14-28/h2-4,7,9-12,16-19,21,28,30H,5-6,8,13-15,20,22-23H2,1H3,(H,35,39). The number of rotatable bonds is 13. The summed E-state index contributed by atoms with van der Waals surface area (Å²) in [7, 11) is -3.59. The van der Waals surface area contributed by atoms with Crippen LogP contribution in [-0.4, -0.2) is 50.0 Å². The lowest BCUT2D eigenvalue weighted by atomic mass is 10.0. The van der Waals surface area contributed by atoms with Crippen molar-refractivity contribution in [1.29, 1.82) is 0 Å². The molecule has 1 unspecified atom stereocenters. The number of nitrogens with one attached hydrogen (secondary N) is 1. The minimum absolute atomic E-state index is 0.0790. The molecule has 2 amide bonds. The lowest BCUT2D eigenvalue weighted by Crippen LogP contribution is -2.52. The molecule has 42 heavy (non-hydrogen) atoms. The Morgan fingerprint density at radius 1 is 0.976 bits per heavy atom. The fraction of sp³-hybridized carbons (Fsp3) is 0.375. The van der Waals surface area contributed by atoms with Crippen LogP contribution in [0.2, 0.25) is 5.02 Å². The number of nitrogens with zero attached hydrogens (tertiary/aromatic N) is 2. The molecule has 0 heterocycles. The Morgan fingerprint density at radius 2 is 1.64 bits per heavy atom. The predicted octanol–water partition coefficient (Wildman–Crippen LogP) is 6.35. The van der Waals surface area contributed by atoms with Crippen LogP contribution in [0.4, 0.5) is 5.69 Å². The lowest BCUT2D eigenvalue weighted by Gasteiger charge is -2.33. The summed E-state index contributed by atoms with van der Waals surface area (Å²) in [6, 6.07) is 23.4. The summed E-state index contributed by atoms with van der Waals surface area (Å²) in [6.07, 6.45) is 5.93. The molecule has 1 aliphatic carbocycles. The number of carbonyl (C=O) groups is 2. The second-order valence-corrected chi connectivity index (χ2v) is 14.0. The van der Waals surface area contributed by atoms with Crippen LogP contribution in [-0.2, 0) is 32.6 Å². The molecule has 0 bridgehead atoms. The molecule has 4 rings (SSSR count). The van der Waals surface area contributed by atoms with E-state index in [1.165, 1.54) is 4.31 Å². The van der Waals surface area contributed by atoms with Crippen molar-refractivity contribution < 1.29 is 18.0 Å². The van der Waals surface area contributed by atoms with Gasteiger partial charge in [-0.3, -0.25) is 13.9 Å². The first-order chi connectivity index (χ1) is 20.1. The zero-order valence-corrected chi connectivity index (χ0v) is 26.9. The molecule has 3 aromatic rings. The first-order valence-electron chi connectivity index (χ1n) is 14.2. The summed E-state index contributed by atoms with van der Waals surface area (Å²) in [5, 5.41) is 3.72. The largest absolute Gasteiger partial charge is 0.352 e. The number of anilines is 1. The highest BCUT2D eigenvalue weighted by molar-refractivity contribution is 9.10. The van der Waals surface area contributed by atoms with Gasteiger partial charge in [0, 0.05) is 41.5 Å². The van der Waals surface area contributed by atoms with Crippen LogP contribution in [0.1, 0.15) is 49.7 Å². The molecule has 1 saturated carbocycles. The Morgan fingerprint density at radius 3 is 2.29 bits per heavy atom. The van der Waals surface area contributed by atoms with Crippen molar-refractivity contribution in [3.63, 3.8) is 0 Å². The van der Waals surface area contributed by atoms with E-state index in [-0.39, 0.29) is 43.8 Å². The molecule has 7 nitrogen and oxygen atoms in total. The van der Waals surface area contributed by atoms with Crippen molar-refractivity contribution in [2.45, 2.75) is 63.6 Å². The van der Waals surface area contributed by atoms with E-state index in [4.69, 9.17) is 11.6 Å². The molecule has 1 fully saturated rings. The third-order valence-corrected chi connectivity index (χ3v) is 9.42. The van der Waals surface area contributed by atoms with Crippen LogP contribution in [0, 0.1) is 0 Å². The summed E-state index contributed by atoms with van der Waals surface area (Å²) in [6.45, 7) is 0.370. The third-order valence-electron chi connectivity index (χ3n) is 7.48. The van der Waals surface area contributed by atoms with Gasteiger partial charge in [-0.1, -0.05) is 82.8 Å². The molecule has 1 N–H and O–H groups in total. The smallest absolute Gasteiger partial charge is 0.243 e. The van der Waals surface area contributed by atoms with Crippen LogP contribution in [0.25, 0.3) is 0 Å². The van der Waals surface area contributed by atoms with Crippen LogP contribution in [0.5, 0.6) is 0 Å². The van der Waals surface area contributed by atoms with E-state index in [0.29, 0.717) is 17.1 Å². The maximum absolute atomic E-state index is 14.0. The van der Waals surface area contributed by atoms with Gasteiger partial charge in [0.1, 0.15) is 6.04 Å². The van der Waals surface area contributed by atoms with E-state index < -0.39 is 16.1 Å². The topological polar surface area (TPSA) is 86.8 Å². The van der Waals surface area contributed by atoms with Crippen molar-refractivity contribution in [3.8, 4) is 0 Å². The molecule has 0 spiro atoms. The summed E-state index contributed by atoms with van der Waals surface area (Å²) >= 11 is 9.52. The van der Waals surface area contributed by atoms with Gasteiger partial charge in [0.2, 0.25) is 21.8 Å². The van der Waals surface area contributed by atoms with E-state index in [9.17, 15) is 18.0 Å². The van der Waals surface area contributed by atoms with E-state index in [2.05, 4.69) is 21.2 Å². The number of benzene rings is 3. The minimum atomic E-state index is -3.59. The van der Waals surface area contributed by atoms with Gasteiger partial charge in [-0.05, 0) is 66.8 Å². The first-order valence-corrected chi connectivity index (χ1v) is 17.2. The summed E-state index contributed by atoms with van der Waals surface area (Å²) in [5.41, 5.74) is 2.34. The summed E-state index contributed by atoms with van der Waals surface area (Å²) in [5.74, 6) is -0.366. The van der Waals surface area contributed by atoms with Gasteiger partial charge < -0.3 is 10.2 Å². The number of hydrogen-bond donors (Lipinski definition) is 1. The van der Waals surface area contributed by atoms with E-state index in [1.54, 1.807) is 29.2 Å². The number of halogens is 2. The maximum atomic E-state index is 14.0. The molecule has 10 heteroatoms. The fourth-order valence-corrected chi connectivity index (χ4v) is 6.90. The summed E-state index contributed by atoms with van der Waals surface area (Å²) < 4.78 is 27.4. The van der Waals surface area contributed by atoms with Gasteiger partial charge >= 0.3 is 0 Å². The Hall–Kier alpha value is -2.88. The molecule has 3 aromatic carbocycles. The van der Waals surface area contributed by atoms with Crippen LogP contribution in [0.3, 0.4) is 0 Å². The normalized spacial score (nSPS) is 14.4. The molecule has 0 radical (unpaired) electrons. The monoisotopic (exact) mass is 673 g/mol. The maximum Gasteiger partial charge on any atom is 0.243 e. The average Bonchev–Trinajstić information content (AvgIpc) is 3.46. The fourth-order valence-electron chi connectivity index (χ4n) is 5.36. The second kappa shape index (κ2) is 15.0. The van der Waals surface area contributed by atoms with Gasteiger partial charge in [0.25, 0.3) is 0 Å². The Kier molecular flexibility index (Phi) is 11.5. The molecule has 1 aliphatic rings. The van der Waals surface area contributed by atoms with Crippen molar-refractivity contribution in [1.82, 2.24) is 10.2 Å². The van der Waals surface area contributed by atoms with Crippen LogP contribution >= 0.6 is 27.5 Å². The van der Waals surface area contributed by atoms with E-state index in [1.807, 2.05) is 54.6 Å². The quantitative estimate of drug-likeness (QED) is 0.229. The predicted molar refractivity (Wildman–Crippen MR) is 172 cm³/mol. The first kappa shape index (κ1) is 32.0. The Labute approximate surface area is 262 Å². The van der Waals surface area contributed by atoms with Gasteiger partial charge in [-0.15, -0.1) is 0 Å². The molecular formula is C32H37BrClN3O4S. The highest BCUT2D eigenvalue weighted by Crippen LogP contribution is 2.23. The molecular weight excluding hydrogens is 638 g/mol. The van der Waals surface area contributed by atoms with Crippen molar-refractivity contribution in [2.75, 3.05) is 17.1 Å². The van der Waals surface area contributed by atoms with E-state index in [0.717, 1.165) is 47.5 Å². The third kappa shape index (κ3) is 9.31. The Bertz CT molecular complexity index is 1450. The Balaban J connectivity index is 1.58. The molecule has 1 atom stereocenters. The number of carbonyl (C=O) groups excluding carboxylic acids is 2. The van der Waals surface area contributed by atoms with Gasteiger partial charge in [-0.2, -0.15) is 0 Å². The molecule has 0 aromatic heterocycles. The summed E-state index contributed by atoms with van der Waals surface area (Å²) in [4.78, 5) is 29.4. The zero-order chi connectivity index (χ0) is 30.1. The van der Waals surface area contributed by atoms with E-state index >= 15 is 0 Å². The second-order valence-electron chi connectivity index (χ2n) is 10.8. The zero-order valence-electron chi connectivity index (χ0n) is 23.7. The van der Waals surface area contributed by atoms with Crippen molar-refractivity contribution in [3.05, 3.63) is 99.5 Å². The van der Waals surface area contributed by atoms with Gasteiger partial charge in [0.15, 0.2) is 0 Å². The van der Waals surface area contributed by atoms with Gasteiger partial charge in [-0.25, -0.2) is 8.42 Å². The molecule has 0 aliphatic heterocycles. The number of amides is 2. The molecule has 0 saturated heterocycles. The van der Waals surface area contributed by atoms with Crippen LogP contribution in [0.15, 0.2) is 83.3 Å². The highest BCUT2D eigenvalue weighted by atomic mass is 79.9. The lowest BCUT2D eigenvalue weighted by molar-refractivity contribution is -0.141. The minimum Gasteiger partial charge on any atom is -0.352 e.